The zero-order chi connectivity index (χ0) is 20.4. The van der Waals surface area contributed by atoms with Gasteiger partial charge in [-0.2, -0.15) is 0 Å². The van der Waals surface area contributed by atoms with Crippen LogP contribution in [0.25, 0.3) is 0 Å². The molecule has 7 heteroatoms. The maximum Gasteiger partial charge on any atom is 0.269 e. The third-order valence-corrected chi connectivity index (χ3v) is 4.82. The van der Waals surface area contributed by atoms with E-state index in [1.807, 2.05) is 0 Å². The molecule has 0 saturated carbocycles. The monoisotopic (exact) mass is 405 g/mol. The molecule has 1 aliphatic carbocycles. The number of para-hydroxylation sites is 1. The number of hydrogen-bond donors (Lipinski definition) is 2. The Balaban J connectivity index is 1.75. The number of benzodiazepines with no additional fused rings is 1. The van der Waals surface area contributed by atoms with Crippen LogP contribution in [0, 0.1) is 5.82 Å². The van der Waals surface area contributed by atoms with Gasteiger partial charge in [-0.1, -0.05) is 54.7 Å². The van der Waals surface area contributed by atoms with Crippen molar-refractivity contribution in [3.05, 3.63) is 89.3 Å². The van der Waals surface area contributed by atoms with E-state index in [2.05, 4.69) is 15.6 Å². The van der Waals surface area contributed by atoms with Crippen molar-refractivity contribution in [1.82, 2.24) is 5.32 Å². The van der Waals surface area contributed by atoms with Gasteiger partial charge in [-0.3, -0.25) is 9.59 Å². The lowest BCUT2D eigenvalue weighted by atomic mass is 10.0. The Morgan fingerprint density at radius 3 is 2.62 bits per heavy atom. The molecule has 2 aliphatic rings. The molecule has 2 aromatic carbocycles. The number of rotatable bonds is 3. The zero-order valence-corrected chi connectivity index (χ0v) is 16.0. The molecule has 1 atom stereocenters. The van der Waals surface area contributed by atoms with Crippen molar-refractivity contribution in [2.45, 2.75) is 12.6 Å². The average molecular weight is 405 g/mol. The van der Waals surface area contributed by atoms with Gasteiger partial charge in [0, 0.05) is 28.0 Å². The lowest BCUT2D eigenvalue weighted by Gasteiger charge is -2.15. The van der Waals surface area contributed by atoms with Gasteiger partial charge in [0.1, 0.15) is 5.82 Å². The van der Waals surface area contributed by atoms with Gasteiger partial charge in [0.25, 0.3) is 11.8 Å². The first-order chi connectivity index (χ1) is 14.0. The highest BCUT2D eigenvalue weighted by Gasteiger charge is 2.28. The molecule has 4 rings (SSSR count). The van der Waals surface area contributed by atoms with Crippen LogP contribution in [0.2, 0.25) is 0 Å². The summed E-state index contributed by atoms with van der Waals surface area (Å²) in [6.45, 7) is 0. The number of thiocarbonyl (C=S) groups is 1. The van der Waals surface area contributed by atoms with Crippen LogP contribution in [-0.4, -0.2) is 28.6 Å². The second-order valence-corrected chi connectivity index (χ2v) is 7.07. The van der Waals surface area contributed by atoms with Crippen molar-refractivity contribution in [2.24, 2.45) is 4.99 Å². The van der Waals surface area contributed by atoms with E-state index in [4.69, 9.17) is 12.2 Å². The number of allylic oxidation sites excluding steroid dienone is 2. The Kier molecular flexibility index (Phi) is 5.14. The van der Waals surface area contributed by atoms with E-state index in [1.165, 1.54) is 6.07 Å². The van der Waals surface area contributed by atoms with Gasteiger partial charge in [-0.25, -0.2) is 9.38 Å². The Morgan fingerprint density at radius 2 is 1.86 bits per heavy atom. The average Bonchev–Trinajstić information content (AvgIpc) is 2.85. The molecule has 0 aromatic heterocycles. The molecule has 1 aliphatic heterocycles. The summed E-state index contributed by atoms with van der Waals surface area (Å²) in [6.07, 6.45) is 4.40. The number of aliphatic imine (C=N–C) groups is 1. The lowest BCUT2D eigenvalue weighted by Crippen LogP contribution is -2.43. The molecule has 5 nitrogen and oxygen atoms in total. The van der Waals surface area contributed by atoms with Gasteiger partial charge in [-0.05, 0) is 24.3 Å². The van der Waals surface area contributed by atoms with Crippen molar-refractivity contribution in [3.8, 4) is 0 Å². The maximum atomic E-state index is 14.5. The van der Waals surface area contributed by atoms with Crippen LogP contribution in [0.5, 0.6) is 0 Å². The molecule has 1 heterocycles. The fourth-order valence-electron chi connectivity index (χ4n) is 3.15. The molecule has 2 aromatic rings. The molecule has 0 spiro atoms. The number of halogens is 1. The first-order valence-electron chi connectivity index (χ1n) is 8.98. The summed E-state index contributed by atoms with van der Waals surface area (Å²) in [7, 11) is 0. The van der Waals surface area contributed by atoms with Crippen molar-refractivity contribution in [2.75, 3.05) is 5.32 Å². The summed E-state index contributed by atoms with van der Waals surface area (Å²) >= 11 is 5.14. The Morgan fingerprint density at radius 1 is 1.14 bits per heavy atom. The van der Waals surface area contributed by atoms with Crippen LogP contribution in [-0.2, 0) is 9.59 Å². The number of amides is 2. The van der Waals surface area contributed by atoms with Crippen LogP contribution in [0.4, 0.5) is 10.1 Å². The zero-order valence-electron chi connectivity index (χ0n) is 15.2. The summed E-state index contributed by atoms with van der Waals surface area (Å²) in [4.78, 5) is 30.4. The third kappa shape index (κ3) is 3.90. The molecule has 0 fully saturated rings. The van der Waals surface area contributed by atoms with Gasteiger partial charge in [0.05, 0.1) is 11.4 Å². The van der Waals surface area contributed by atoms with E-state index in [1.54, 1.807) is 60.7 Å². The minimum Gasteiger partial charge on any atom is -0.322 e. The van der Waals surface area contributed by atoms with Crippen molar-refractivity contribution < 1.29 is 14.0 Å². The van der Waals surface area contributed by atoms with Crippen LogP contribution < -0.4 is 10.6 Å². The van der Waals surface area contributed by atoms with Gasteiger partial charge >= 0.3 is 0 Å². The van der Waals surface area contributed by atoms with Crippen molar-refractivity contribution >= 4 is 40.3 Å². The second kappa shape index (κ2) is 7.89. The molecule has 1 unspecified atom stereocenters. The number of nitrogens with one attached hydrogen (secondary N) is 2. The number of carbonyl (C=O) groups excluding carboxylic acids is 2. The number of fused-ring (bicyclic) bond motifs is 1. The van der Waals surface area contributed by atoms with Gasteiger partial charge in [0.2, 0.25) is 6.17 Å². The van der Waals surface area contributed by atoms with Crippen LogP contribution >= 0.6 is 12.2 Å². The number of benzene rings is 2. The largest absolute Gasteiger partial charge is 0.322 e. The summed E-state index contributed by atoms with van der Waals surface area (Å²) in [5.41, 5.74) is 1.94. The summed E-state index contributed by atoms with van der Waals surface area (Å²) in [6, 6.07) is 13.2. The lowest BCUT2D eigenvalue weighted by molar-refractivity contribution is -0.123. The highest BCUT2D eigenvalue weighted by atomic mass is 32.1. The van der Waals surface area contributed by atoms with E-state index in [9.17, 15) is 14.0 Å². The summed E-state index contributed by atoms with van der Waals surface area (Å²) in [5, 5.41) is 5.37. The van der Waals surface area contributed by atoms with Crippen LogP contribution in [0.1, 0.15) is 17.5 Å². The predicted octanol–water partition coefficient (Wildman–Crippen LogP) is 3.31. The number of anilines is 1. The van der Waals surface area contributed by atoms with Gasteiger partial charge in [-0.15, -0.1) is 0 Å². The first-order valence-corrected chi connectivity index (χ1v) is 9.38. The maximum absolute atomic E-state index is 14.5. The quantitative estimate of drug-likeness (QED) is 0.770. The minimum absolute atomic E-state index is 0.244. The fourth-order valence-corrected chi connectivity index (χ4v) is 3.38. The first kappa shape index (κ1) is 18.9. The number of nitrogens with zero attached hydrogens (tertiary/aromatic N) is 1. The summed E-state index contributed by atoms with van der Waals surface area (Å²) < 4.78 is 14.5. The smallest absolute Gasteiger partial charge is 0.269 e. The molecule has 0 saturated heterocycles. The Labute approximate surface area is 172 Å². The number of hydrogen-bond acceptors (Lipinski definition) is 4. The normalized spacial score (nSPS) is 18.2. The van der Waals surface area contributed by atoms with E-state index in [0.717, 1.165) is 0 Å². The minimum atomic E-state index is -1.23. The summed E-state index contributed by atoms with van der Waals surface area (Å²) in [5.74, 6) is -1.46. The molecule has 0 bridgehead atoms. The molecule has 29 heavy (non-hydrogen) atoms. The number of carbonyl (C=O) groups is 2. The Bertz CT molecular complexity index is 1120. The highest BCUT2D eigenvalue weighted by molar-refractivity contribution is 7.80. The molecule has 144 valence electrons. The van der Waals surface area contributed by atoms with E-state index < -0.39 is 23.8 Å². The van der Waals surface area contributed by atoms with Crippen LogP contribution in [0.15, 0.2) is 77.3 Å². The van der Waals surface area contributed by atoms with Crippen molar-refractivity contribution in [3.63, 3.8) is 0 Å². The Hall–Kier alpha value is -3.45. The van der Waals surface area contributed by atoms with Crippen LogP contribution in [0.3, 0.4) is 0 Å². The predicted molar refractivity (Wildman–Crippen MR) is 113 cm³/mol. The van der Waals surface area contributed by atoms with E-state index >= 15 is 0 Å². The van der Waals surface area contributed by atoms with Crippen molar-refractivity contribution in [1.29, 1.82) is 0 Å². The molecular weight excluding hydrogens is 389 g/mol. The molecule has 2 amide bonds. The van der Waals surface area contributed by atoms with Gasteiger partial charge < -0.3 is 10.6 Å². The standard InChI is InChI=1S/C22H16FN3O2S/c23-17-10-3-1-8-15(17)19-16-9-2-4-11-18(16)24-22(28)20(25-19)26-21(27)13-6-5-7-14(29)12-13/h1-6,8-12,20H,7H2,(H,24,28)(H,26,27). The molecule has 2 N–H and O–H groups in total. The van der Waals surface area contributed by atoms with E-state index in [-0.39, 0.29) is 11.3 Å². The third-order valence-electron chi connectivity index (χ3n) is 4.54. The van der Waals surface area contributed by atoms with E-state index in [0.29, 0.717) is 28.1 Å². The molecular formula is C22H16FN3O2S. The van der Waals surface area contributed by atoms with Gasteiger partial charge in [0.15, 0.2) is 0 Å². The SMILES string of the molecule is O=C(NC1N=C(c2ccccc2F)c2ccccc2NC1=O)C1=CC(=S)CC=C1. The molecule has 0 radical (unpaired) electrons. The second-order valence-electron chi connectivity index (χ2n) is 6.54. The topological polar surface area (TPSA) is 70.6 Å². The fraction of sp³-hybridized carbons (Fsp3) is 0.0909. The highest BCUT2D eigenvalue weighted by Crippen LogP contribution is 2.25.